The molecule has 0 fully saturated rings. The minimum Gasteiger partial charge on any atom is -0.492 e. The van der Waals surface area contributed by atoms with Gasteiger partial charge in [0, 0.05) is 17.0 Å². The number of para-hydroxylation sites is 1. The molecule has 0 radical (unpaired) electrons. The van der Waals surface area contributed by atoms with Gasteiger partial charge in [-0.1, -0.05) is 35.3 Å². The van der Waals surface area contributed by atoms with E-state index in [1.165, 1.54) is 6.07 Å². The van der Waals surface area contributed by atoms with E-state index in [9.17, 15) is 4.39 Å². The largest absolute Gasteiger partial charge is 0.492 e. The van der Waals surface area contributed by atoms with Gasteiger partial charge in [-0.3, -0.25) is 0 Å². The van der Waals surface area contributed by atoms with Crippen molar-refractivity contribution in [2.24, 2.45) is 0 Å². The van der Waals surface area contributed by atoms with Crippen molar-refractivity contribution < 1.29 is 9.13 Å². The monoisotopic (exact) mass is 325 g/mol. The van der Waals surface area contributed by atoms with Gasteiger partial charge in [-0.05, 0) is 30.7 Å². The fraction of sp³-hybridized carbons (Fsp3) is 0.250. The van der Waals surface area contributed by atoms with Crippen molar-refractivity contribution in [3.8, 4) is 5.75 Å². The van der Waals surface area contributed by atoms with Gasteiger partial charge in [0.1, 0.15) is 11.6 Å². The predicted octanol–water partition coefficient (Wildman–Crippen LogP) is 5.38. The van der Waals surface area contributed by atoms with Crippen LogP contribution in [0.3, 0.4) is 0 Å². The van der Waals surface area contributed by atoms with E-state index in [1.807, 2.05) is 19.1 Å². The highest BCUT2D eigenvalue weighted by Gasteiger charge is 2.25. The van der Waals surface area contributed by atoms with Crippen LogP contribution in [0.15, 0.2) is 30.3 Å². The summed E-state index contributed by atoms with van der Waals surface area (Å²) in [6.07, 6.45) is 0.720. The summed E-state index contributed by atoms with van der Waals surface area (Å²) in [6.45, 7) is 2.40. The number of hydrogen-bond donors (Lipinski definition) is 1. The van der Waals surface area contributed by atoms with Crippen LogP contribution in [0, 0.1) is 12.7 Å². The lowest BCUT2D eigenvalue weighted by Gasteiger charge is -2.29. The van der Waals surface area contributed by atoms with E-state index in [1.54, 1.807) is 12.1 Å². The molecule has 3 rings (SSSR count). The van der Waals surface area contributed by atoms with Gasteiger partial charge in [0.25, 0.3) is 0 Å². The van der Waals surface area contributed by atoms with Crippen molar-refractivity contribution in [3.05, 3.63) is 57.3 Å². The summed E-state index contributed by atoms with van der Waals surface area (Å²) in [6, 6.07) is 8.40. The van der Waals surface area contributed by atoms with Crippen LogP contribution in [0.5, 0.6) is 5.75 Å². The minimum atomic E-state index is -0.267. The van der Waals surface area contributed by atoms with E-state index in [0.29, 0.717) is 28.1 Å². The summed E-state index contributed by atoms with van der Waals surface area (Å²) >= 11 is 12.2. The molecule has 0 amide bonds. The third-order valence-corrected chi connectivity index (χ3v) is 4.10. The van der Waals surface area contributed by atoms with Gasteiger partial charge in [-0.2, -0.15) is 0 Å². The topological polar surface area (TPSA) is 21.3 Å². The number of aryl methyl sites for hydroxylation is 1. The molecule has 2 nitrogen and oxygen atoms in total. The predicted molar refractivity (Wildman–Crippen MR) is 84.1 cm³/mol. The average Bonchev–Trinajstić information content (AvgIpc) is 2.43. The number of ether oxygens (including phenoxy) is 1. The molecule has 0 saturated heterocycles. The second-order valence-corrected chi connectivity index (χ2v) is 5.92. The Morgan fingerprint density at radius 3 is 2.86 bits per heavy atom. The maximum atomic E-state index is 14.0. The van der Waals surface area contributed by atoms with E-state index in [2.05, 4.69) is 5.32 Å². The number of anilines is 1. The summed E-state index contributed by atoms with van der Waals surface area (Å²) in [5.74, 6) is 0.356. The van der Waals surface area contributed by atoms with Crippen LogP contribution in [-0.2, 0) is 0 Å². The van der Waals surface area contributed by atoms with Crippen LogP contribution in [0.1, 0.15) is 23.6 Å². The molecule has 1 N–H and O–H groups in total. The molecule has 0 spiro atoms. The molecule has 1 aliphatic heterocycles. The molecule has 0 saturated carbocycles. The maximum absolute atomic E-state index is 14.0. The lowest BCUT2D eigenvalue weighted by molar-refractivity contribution is 0.274. The number of fused-ring (bicyclic) bond motifs is 1. The molecule has 110 valence electrons. The fourth-order valence-corrected chi connectivity index (χ4v) is 3.13. The Balaban J connectivity index is 1.99. The third-order valence-electron chi connectivity index (χ3n) is 3.61. The van der Waals surface area contributed by atoms with Crippen molar-refractivity contribution in [2.45, 2.75) is 19.4 Å². The Morgan fingerprint density at radius 1 is 1.29 bits per heavy atom. The van der Waals surface area contributed by atoms with Gasteiger partial charge < -0.3 is 10.1 Å². The maximum Gasteiger partial charge on any atom is 0.146 e. The number of nitrogens with one attached hydrogen (secondary N) is 1. The van der Waals surface area contributed by atoms with Gasteiger partial charge in [-0.25, -0.2) is 4.39 Å². The van der Waals surface area contributed by atoms with Crippen molar-refractivity contribution in [1.82, 2.24) is 0 Å². The molecule has 0 aromatic heterocycles. The van der Waals surface area contributed by atoms with Crippen molar-refractivity contribution >= 4 is 28.9 Å². The van der Waals surface area contributed by atoms with Crippen LogP contribution >= 0.6 is 23.2 Å². The molecule has 5 heteroatoms. The minimum absolute atomic E-state index is 0.0828. The van der Waals surface area contributed by atoms with Gasteiger partial charge in [0.2, 0.25) is 0 Å². The summed E-state index contributed by atoms with van der Waals surface area (Å²) in [7, 11) is 0. The molecule has 1 heterocycles. The van der Waals surface area contributed by atoms with Crippen LogP contribution in [-0.4, -0.2) is 6.61 Å². The first-order chi connectivity index (χ1) is 10.1. The van der Waals surface area contributed by atoms with Gasteiger partial charge in [-0.15, -0.1) is 0 Å². The Labute approximate surface area is 132 Å². The highest BCUT2D eigenvalue weighted by atomic mass is 35.5. The molecule has 21 heavy (non-hydrogen) atoms. The Hall–Kier alpha value is -1.45. The van der Waals surface area contributed by atoms with Gasteiger partial charge >= 0.3 is 0 Å². The second-order valence-electron chi connectivity index (χ2n) is 5.07. The summed E-state index contributed by atoms with van der Waals surface area (Å²) < 4.78 is 19.6. The highest BCUT2D eigenvalue weighted by Crippen LogP contribution is 2.41. The third kappa shape index (κ3) is 2.81. The van der Waals surface area contributed by atoms with E-state index >= 15 is 0 Å². The molecule has 0 aliphatic carbocycles. The molecule has 1 aliphatic rings. The Kier molecular flexibility index (Phi) is 3.96. The van der Waals surface area contributed by atoms with Crippen LogP contribution in [0.2, 0.25) is 10.0 Å². The molecular formula is C16H14Cl2FNO. The molecule has 1 unspecified atom stereocenters. The molecule has 2 aromatic rings. The number of benzene rings is 2. The van der Waals surface area contributed by atoms with E-state index in [0.717, 1.165) is 17.5 Å². The molecular weight excluding hydrogens is 312 g/mol. The summed E-state index contributed by atoms with van der Waals surface area (Å²) in [5.41, 5.74) is 2.23. The van der Waals surface area contributed by atoms with Crippen LogP contribution < -0.4 is 10.1 Å². The number of halogens is 3. The van der Waals surface area contributed by atoms with Crippen molar-refractivity contribution in [2.75, 3.05) is 11.9 Å². The highest BCUT2D eigenvalue weighted by molar-refractivity contribution is 6.35. The summed E-state index contributed by atoms with van der Waals surface area (Å²) in [5, 5.41) is 4.28. The van der Waals surface area contributed by atoms with E-state index in [4.69, 9.17) is 27.9 Å². The first kappa shape index (κ1) is 14.5. The Bertz CT molecular complexity index is 670. The molecule has 0 bridgehead atoms. The van der Waals surface area contributed by atoms with Gasteiger partial charge in [0.05, 0.1) is 23.4 Å². The Morgan fingerprint density at radius 2 is 2.10 bits per heavy atom. The second kappa shape index (κ2) is 5.74. The number of rotatable bonds is 2. The normalized spacial score (nSPS) is 17.0. The molecule has 2 aromatic carbocycles. The standard InChI is InChI=1S/C16H14Cl2FNO/c1-9-3-2-4-13(19)15(9)20-14-5-6-21-16-11(14)7-10(17)8-12(16)18/h2-4,7-8,14,20H,5-6H2,1H3. The smallest absolute Gasteiger partial charge is 0.146 e. The van der Waals surface area contributed by atoms with Crippen LogP contribution in [0.25, 0.3) is 0 Å². The summed E-state index contributed by atoms with van der Waals surface area (Å²) in [4.78, 5) is 0. The van der Waals surface area contributed by atoms with Crippen LogP contribution in [0.4, 0.5) is 10.1 Å². The molecule has 1 atom stereocenters. The lowest BCUT2D eigenvalue weighted by Crippen LogP contribution is -2.21. The fourth-order valence-electron chi connectivity index (χ4n) is 2.56. The first-order valence-corrected chi connectivity index (χ1v) is 7.45. The van der Waals surface area contributed by atoms with Crippen molar-refractivity contribution in [1.29, 1.82) is 0 Å². The van der Waals surface area contributed by atoms with E-state index in [-0.39, 0.29) is 11.9 Å². The van der Waals surface area contributed by atoms with E-state index < -0.39 is 0 Å². The van der Waals surface area contributed by atoms with Crippen molar-refractivity contribution in [3.63, 3.8) is 0 Å². The quantitative estimate of drug-likeness (QED) is 0.800. The zero-order valence-corrected chi connectivity index (χ0v) is 12.9. The average molecular weight is 326 g/mol. The van der Waals surface area contributed by atoms with Gasteiger partial charge in [0.15, 0.2) is 0 Å². The zero-order valence-electron chi connectivity index (χ0n) is 11.4. The number of hydrogen-bond acceptors (Lipinski definition) is 2. The zero-order chi connectivity index (χ0) is 15.0. The first-order valence-electron chi connectivity index (χ1n) is 6.69. The lowest BCUT2D eigenvalue weighted by atomic mass is 9.99. The SMILES string of the molecule is Cc1cccc(F)c1NC1CCOc2c(Cl)cc(Cl)cc21.